The standard InChI is InChI=1S/C42H28N2/c1-3-14-29(15-4-1)32-18-7-10-22-37(32)44-40-27-26-31(43-38-23-11-8-19-34(38)35-20-9-12-24-39(35)43)28-36(40)42-33(21-13-25-41(42)44)30-16-5-2-6-17-30/h1-28H. The third kappa shape index (κ3) is 3.68. The van der Waals surface area contributed by atoms with Crippen LogP contribution in [0.25, 0.3) is 77.2 Å². The van der Waals surface area contributed by atoms with E-state index in [4.69, 9.17) is 0 Å². The summed E-state index contributed by atoms with van der Waals surface area (Å²) >= 11 is 0. The molecule has 0 N–H and O–H groups in total. The molecule has 0 spiro atoms. The Kier molecular flexibility index (Phi) is 5.54. The van der Waals surface area contributed by atoms with Gasteiger partial charge in [-0.05, 0) is 59.2 Å². The average molecular weight is 561 g/mol. The summed E-state index contributed by atoms with van der Waals surface area (Å²) in [6.45, 7) is 0. The first-order valence-corrected chi connectivity index (χ1v) is 15.1. The summed E-state index contributed by atoms with van der Waals surface area (Å²) in [5, 5.41) is 5.04. The Hall–Kier alpha value is -5.86. The topological polar surface area (TPSA) is 9.86 Å². The highest BCUT2D eigenvalue weighted by molar-refractivity contribution is 6.17. The van der Waals surface area contributed by atoms with Gasteiger partial charge in [-0.2, -0.15) is 0 Å². The summed E-state index contributed by atoms with van der Waals surface area (Å²) in [7, 11) is 0. The lowest BCUT2D eigenvalue weighted by molar-refractivity contribution is 1.17. The van der Waals surface area contributed by atoms with Crippen LogP contribution in [0.1, 0.15) is 0 Å². The Bertz CT molecular complexity index is 2430. The Labute approximate surface area is 255 Å². The molecule has 0 aliphatic heterocycles. The first kappa shape index (κ1) is 24.7. The van der Waals surface area contributed by atoms with Crippen molar-refractivity contribution in [2.75, 3.05) is 0 Å². The molecule has 9 rings (SSSR count). The van der Waals surface area contributed by atoms with E-state index in [1.807, 2.05) is 0 Å². The van der Waals surface area contributed by atoms with Gasteiger partial charge in [-0.25, -0.2) is 0 Å². The largest absolute Gasteiger partial charge is 0.309 e. The molecule has 0 aliphatic carbocycles. The molecule has 2 heteroatoms. The molecule has 0 bridgehead atoms. The van der Waals surface area contributed by atoms with Crippen LogP contribution in [-0.4, -0.2) is 9.13 Å². The van der Waals surface area contributed by atoms with Crippen molar-refractivity contribution in [1.82, 2.24) is 9.13 Å². The van der Waals surface area contributed by atoms with Crippen LogP contribution in [0.4, 0.5) is 0 Å². The summed E-state index contributed by atoms with van der Waals surface area (Å²) in [6, 6.07) is 61.4. The zero-order chi connectivity index (χ0) is 29.0. The molecular weight excluding hydrogens is 532 g/mol. The van der Waals surface area contributed by atoms with Crippen molar-refractivity contribution in [3.8, 4) is 33.6 Å². The van der Waals surface area contributed by atoms with Crippen LogP contribution in [0.2, 0.25) is 0 Å². The molecule has 0 saturated heterocycles. The van der Waals surface area contributed by atoms with Crippen molar-refractivity contribution in [3.63, 3.8) is 0 Å². The Balaban J connectivity index is 1.41. The second kappa shape index (κ2) is 9.86. The van der Waals surface area contributed by atoms with Crippen molar-refractivity contribution in [3.05, 3.63) is 170 Å². The minimum Gasteiger partial charge on any atom is -0.309 e. The normalized spacial score (nSPS) is 11.6. The van der Waals surface area contributed by atoms with Gasteiger partial charge in [0.05, 0.1) is 27.8 Å². The van der Waals surface area contributed by atoms with Crippen molar-refractivity contribution < 1.29 is 0 Å². The van der Waals surface area contributed by atoms with Gasteiger partial charge in [0.25, 0.3) is 0 Å². The van der Waals surface area contributed by atoms with E-state index in [0.717, 1.165) is 5.69 Å². The van der Waals surface area contributed by atoms with Crippen LogP contribution >= 0.6 is 0 Å². The summed E-state index contributed by atoms with van der Waals surface area (Å²) in [6.07, 6.45) is 0. The fourth-order valence-corrected chi connectivity index (χ4v) is 7.05. The van der Waals surface area contributed by atoms with Gasteiger partial charge in [0.15, 0.2) is 0 Å². The SMILES string of the molecule is c1ccc(-c2ccccc2-n2c3ccc(-n4c5ccccc5c5ccccc54)cc3c3c(-c4ccccc4)cccc32)cc1. The summed E-state index contributed by atoms with van der Waals surface area (Å²) < 4.78 is 4.87. The fourth-order valence-electron chi connectivity index (χ4n) is 7.05. The maximum Gasteiger partial charge on any atom is 0.0547 e. The number of benzene rings is 7. The predicted octanol–water partition coefficient (Wildman–Crippen LogP) is 11.2. The van der Waals surface area contributed by atoms with Crippen LogP contribution in [-0.2, 0) is 0 Å². The first-order chi connectivity index (χ1) is 21.9. The van der Waals surface area contributed by atoms with Gasteiger partial charge in [0, 0.05) is 32.8 Å². The lowest BCUT2D eigenvalue weighted by Gasteiger charge is -2.14. The zero-order valence-corrected chi connectivity index (χ0v) is 24.1. The molecule has 0 radical (unpaired) electrons. The molecule has 0 unspecified atom stereocenters. The lowest BCUT2D eigenvalue weighted by Crippen LogP contribution is -1.98. The number of aromatic nitrogens is 2. The second-order valence-electron chi connectivity index (χ2n) is 11.4. The molecule has 206 valence electrons. The van der Waals surface area contributed by atoms with Crippen molar-refractivity contribution in [1.29, 1.82) is 0 Å². The Morgan fingerprint density at radius 1 is 0.318 bits per heavy atom. The number of rotatable bonds is 4. The van der Waals surface area contributed by atoms with Gasteiger partial charge < -0.3 is 9.13 Å². The monoisotopic (exact) mass is 560 g/mol. The Morgan fingerprint density at radius 3 is 1.55 bits per heavy atom. The summed E-state index contributed by atoms with van der Waals surface area (Å²) in [5.74, 6) is 0. The predicted molar refractivity (Wildman–Crippen MR) is 186 cm³/mol. The summed E-state index contributed by atoms with van der Waals surface area (Å²) in [5.41, 5.74) is 12.0. The molecule has 2 heterocycles. The molecule has 44 heavy (non-hydrogen) atoms. The van der Waals surface area contributed by atoms with E-state index in [0.29, 0.717) is 0 Å². The maximum atomic E-state index is 2.45. The number of fused-ring (bicyclic) bond motifs is 6. The van der Waals surface area contributed by atoms with Gasteiger partial charge in [0.2, 0.25) is 0 Å². The molecule has 0 aliphatic rings. The Morgan fingerprint density at radius 2 is 0.841 bits per heavy atom. The van der Waals surface area contributed by atoms with E-state index in [2.05, 4.69) is 179 Å². The van der Waals surface area contributed by atoms with E-state index in [9.17, 15) is 0 Å². The molecule has 9 aromatic rings. The highest BCUT2D eigenvalue weighted by Gasteiger charge is 2.20. The van der Waals surface area contributed by atoms with Gasteiger partial charge in [-0.1, -0.05) is 127 Å². The van der Waals surface area contributed by atoms with E-state index in [1.165, 1.54) is 71.6 Å². The minimum atomic E-state index is 1.16. The van der Waals surface area contributed by atoms with Crippen LogP contribution in [0.5, 0.6) is 0 Å². The van der Waals surface area contributed by atoms with Crippen molar-refractivity contribution in [2.24, 2.45) is 0 Å². The highest BCUT2D eigenvalue weighted by atomic mass is 15.0. The lowest BCUT2D eigenvalue weighted by atomic mass is 9.99. The summed E-state index contributed by atoms with van der Waals surface area (Å²) in [4.78, 5) is 0. The molecular formula is C42H28N2. The van der Waals surface area contributed by atoms with E-state index in [-0.39, 0.29) is 0 Å². The zero-order valence-electron chi connectivity index (χ0n) is 24.1. The number of para-hydroxylation sites is 3. The molecule has 0 atom stereocenters. The van der Waals surface area contributed by atoms with Crippen molar-refractivity contribution in [2.45, 2.75) is 0 Å². The van der Waals surface area contributed by atoms with Crippen LogP contribution in [0.15, 0.2) is 170 Å². The smallest absolute Gasteiger partial charge is 0.0547 e. The van der Waals surface area contributed by atoms with Crippen LogP contribution in [0, 0.1) is 0 Å². The average Bonchev–Trinajstić information content (AvgIpc) is 3.62. The molecule has 7 aromatic carbocycles. The number of nitrogens with zero attached hydrogens (tertiary/aromatic N) is 2. The maximum absolute atomic E-state index is 2.45. The third-order valence-corrected chi connectivity index (χ3v) is 8.93. The molecule has 2 nitrogen and oxygen atoms in total. The third-order valence-electron chi connectivity index (χ3n) is 8.93. The van der Waals surface area contributed by atoms with Gasteiger partial charge in [-0.3, -0.25) is 0 Å². The first-order valence-electron chi connectivity index (χ1n) is 15.1. The quantitative estimate of drug-likeness (QED) is 0.203. The van der Waals surface area contributed by atoms with Crippen LogP contribution < -0.4 is 0 Å². The van der Waals surface area contributed by atoms with Gasteiger partial charge >= 0.3 is 0 Å². The molecule has 0 amide bonds. The molecule has 0 fully saturated rings. The van der Waals surface area contributed by atoms with Crippen LogP contribution in [0.3, 0.4) is 0 Å². The second-order valence-corrected chi connectivity index (χ2v) is 11.4. The fraction of sp³-hybridized carbons (Fsp3) is 0. The van der Waals surface area contributed by atoms with Gasteiger partial charge in [-0.15, -0.1) is 0 Å². The minimum absolute atomic E-state index is 1.16. The van der Waals surface area contributed by atoms with E-state index < -0.39 is 0 Å². The number of hydrogen-bond donors (Lipinski definition) is 0. The highest BCUT2D eigenvalue weighted by Crippen LogP contribution is 2.42. The molecule has 2 aromatic heterocycles. The molecule has 0 saturated carbocycles. The van der Waals surface area contributed by atoms with E-state index >= 15 is 0 Å². The van der Waals surface area contributed by atoms with Gasteiger partial charge in [0.1, 0.15) is 0 Å². The number of hydrogen-bond acceptors (Lipinski definition) is 0. The van der Waals surface area contributed by atoms with Crippen molar-refractivity contribution >= 4 is 43.6 Å². The van der Waals surface area contributed by atoms with E-state index in [1.54, 1.807) is 0 Å².